The number of carbonyl (C=O) groups is 2. The minimum absolute atomic E-state index is 0.210. The number of carbonyl (C=O) groups excluding carboxylic acids is 1. The van der Waals surface area contributed by atoms with Gasteiger partial charge in [-0.05, 0) is 87.0 Å². The van der Waals surface area contributed by atoms with Crippen molar-refractivity contribution >= 4 is 18.1 Å². The molecule has 0 aromatic heterocycles. The molecule has 2 bridgehead atoms. The van der Waals surface area contributed by atoms with E-state index in [4.69, 9.17) is 5.11 Å². The summed E-state index contributed by atoms with van der Waals surface area (Å²) >= 11 is 0. The van der Waals surface area contributed by atoms with Crippen molar-refractivity contribution < 1.29 is 19.1 Å². The van der Waals surface area contributed by atoms with Crippen LogP contribution in [0.15, 0.2) is 41.5 Å². The molecule has 0 saturated heterocycles. The summed E-state index contributed by atoms with van der Waals surface area (Å²) in [5.74, 6) is 0.704. The quantitative estimate of drug-likeness (QED) is 0.271. The second kappa shape index (κ2) is 10.3. The smallest absolute Gasteiger partial charge is 0.303 e. The maximum absolute atomic E-state index is 13.0. The van der Waals surface area contributed by atoms with Crippen LogP contribution in [0.2, 0.25) is 0 Å². The first-order valence-electron chi connectivity index (χ1n) is 10.5. The lowest BCUT2D eigenvalue weighted by molar-refractivity contribution is -0.137. The molecule has 2 N–H and O–H groups in total. The van der Waals surface area contributed by atoms with Gasteiger partial charge in [-0.3, -0.25) is 9.59 Å². The van der Waals surface area contributed by atoms with Crippen LogP contribution >= 0.6 is 0 Å². The Morgan fingerprint density at radius 1 is 1.10 bits per heavy atom. The van der Waals surface area contributed by atoms with Crippen LogP contribution in [-0.2, 0) is 4.79 Å². The zero-order valence-corrected chi connectivity index (χ0v) is 16.6. The lowest BCUT2D eigenvalue weighted by Crippen LogP contribution is -2.41. The molecule has 3 saturated carbocycles. The molecule has 1 aromatic rings. The van der Waals surface area contributed by atoms with E-state index < -0.39 is 5.97 Å². The number of halogens is 1. The molecule has 3 aliphatic carbocycles. The molecule has 3 fully saturated rings. The first kappa shape index (κ1) is 21.2. The Bertz CT molecular complexity index is 752. The van der Waals surface area contributed by atoms with E-state index >= 15 is 0 Å². The fraction of sp³-hybridized carbons (Fsp3) is 0.522. The summed E-state index contributed by atoms with van der Waals surface area (Å²) in [6.07, 6.45) is 13.8. The van der Waals surface area contributed by atoms with Gasteiger partial charge in [-0.1, -0.05) is 12.2 Å². The standard InChI is InChI=1S/C23H29FN2O3/c24-19-13-11-18(12-14-19)23(29)26-25-15-21-17-9-7-16(8-10-17)20(21)5-3-1-2-4-6-22(27)28/h1,3,11-17,20-21H,2,4-10H2,(H,26,29)(H,27,28)/t16?,17?,20-,21-/m0/s1. The van der Waals surface area contributed by atoms with Crippen molar-refractivity contribution in [1.82, 2.24) is 5.43 Å². The highest BCUT2D eigenvalue weighted by Crippen LogP contribution is 2.49. The number of hydrogen-bond acceptors (Lipinski definition) is 3. The highest BCUT2D eigenvalue weighted by atomic mass is 19.1. The summed E-state index contributed by atoms with van der Waals surface area (Å²) in [5, 5.41) is 12.9. The summed E-state index contributed by atoms with van der Waals surface area (Å²) in [4.78, 5) is 22.7. The number of hydrazone groups is 1. The summed E-state index contributed by atoms with van der Waals surface area (Å²) in [7, 11) is 0. The number of allylic oxidation sites excluding steroid dienone is 2. The van der Waals surface area contributed by atoms with Gasteiger partial charge in [-0.25, -0.2) is 9.82 Å². The van der Waals surface area contributed by atoms with Gasteiger partial charge < -0.3 is 5.11 Å². The molecule has 1 aromatic carbocycles. The monoisotopic (exact) mass is 400 g/mol. The number of nitrogens with one attached hydrogen (secondary N) is 1. The van der Waals surface area contributed by atoms with Crippen molar-refractivity contribution in [3.8, 4) is 0 Å². The molecule has 0 spiro atoms. The lowest BCUT2D eigenvalue weighted by atomic mass is 9.58. The van der Waals surface area contributed by atoms with E-state index in [0.717, 1.165) is 12.8 Å². The molecular formula is C23H29FN2O3. The van der Waals surface area contributed by atoms with Crippen molar-refractivity contribution in [3.63, 3.8) is 0 Å². The molecule has 156 valence electrons. The minimum Gasteiger partial charge on any atom is -0.481 e. The molecule has 5 nitrogen and oxygen atoms in total. The molecule has 0 aliphatic heterocycles. The lowest BCUT2D eigenvalue weighted by Gasteiger charge is -2.47. The van der Waals surface area contributed by atoms with Crippen LogP contribution in [-0.4, -0.2) is 23.2 Å². The van der Waals surface area contributed by atoms with Crippen LogP contribution in [0, 0.1) is 29.5 Å². The van der Waals surface area contributed by atoms with Gasteiger partial charge in [0.05, 0.1) is 0 Å². The molecule has 4 rings (SSSR count). The van der Waals surface area contributed by atoms with Crippen molar-refractivity contribution in [3.05, 3.63) is 47.8 Å². The van der Waals surface area contributed by atoms with Gasteiger partial charge >= 0.3 is 5.97 Å². The second-order valence-electron chi connectivity index (χ2n) is 8.14. The van der Waals surface area contributed by atoms with Crippen LogP contribution in [0.4, 0.5) is 4.39 Å². The van der Waals surface area contributed by atoms with Crippen LogP contribution in [0.5, 0.6) is 0 Å². The number of aliphatic carboxylic acids is 1. The second-order valence-corrected chi connectivity index (χ2v) is 8.14. The predicted molar refractivity (Wildman–Crippen MR) is 110 cm³/mol. The van der Waals surface area contributed by atoms with Crippen molar-refractivity contribution in [2.24, 2.45) is 28.8 Å². The Labute approximate surface area is 171 Å². The zero-order chi connectivity index (χ0) is 20.6. The number of fused-ring (bicyclic) bond motifs is 3. The SMILES string of the molecule is O=C(O)CCCC=CC[C@H]1C2CCC(CC2)[C@@H]1C=NNC(=O)c1ccc(F)cc1. The number of unbranched alkanes of at least 4 members (excludes halogenated alkanes) is 1. The Morgan fingerprint density at radius 3 is 2.48 bits per heavy atom. The molecule has 2 atom stereocenters. The van der Waals surface area contributed by atoms with Gasteiger partial charge in [0.2, 0.25) is 0 Å². The fourth-order valence-corrected chi connectivity index (χ4v) is 4.79. The summed E-state index contributed by atoms with van der Waals surface area (Å²) in [6.45, 7) is 0. The fourth-order valence-electron chi connectivity index (χ4n) is 4.79. The average molecular weight is 400 g/mol. The van der Waals surface area contributed by atoms with Crippen molar-refractivity contribution in [2.75, 3.05) is 0 Å². The van der Waals surface area contributed by atoms with E-state index in [9.17, 15) is 14.0 Å². The first-order valence-corrected chi connectivity index (χ1v) is 10.5. The van der Waals surface area contributed by atoms with Crippen LogP contribution < -0.4 is 5.43 Å². The van der Waals surface area contributed by atoms with Gasteiger partial charge in [0.25, 0.3) is 5.91 Å². The third kappa shape index (κ3) is 5.99. The number of nitrogens with zero attached hydrogens (tertiary/aromatic N) is 1. The molecule has 6 heteroatoms. The molecule has 0 unspecified atom stereocenters. The van der Waals surface area contributed by atoms with Gasteiger partial charge in [-0.15, -0.1) is 0 Å². The van der Waals surface area contributed by atoms with E-state index in [-0.39, 0.29) is 18.1 Å². The maximum atomic E-state index is 13.0. The third-order valence-electron chi connectivity index (χ3n) is 6.32. The molecular weight excluding hydrogens is 371 g/mol. The van der Waals surface area contributed by atoms with Gasteiger partial charge in [0, 0.05) is 24.1 Å². The van der Waals surface area contributed by atoms with Gasteiger partial charge in [-0.2, -0.15) is 5.10 Å². The van der Waals surface area contributed by atoms with Crippen LogP contribution in [0.25, 0.3) is 0 Å². The number of rotatable bonds is 9. The van der Waals surface area contributed by atoms with Gasteiger partial charge in [0.15, 0.2) is 0 Å². The largest absolute Gasteiger partial charge is 0.481 e. The number of carboxylic acid groups (broad SMARTS) is 1. The Kier molecular flexibility index (Phi) is 7.55. The number of hydrogen-bond donors (Lipinski definition) is 2. The number of benzene rings is 1. The average Bonchev–Trinajstić information content (AvgIpc) is 2.72. The highest BCUT2D eigenvalue weighted by Gasteiger charge is 2.42. The summed E-state index contributed by atoms with van der Waals surface area (Å²) in [6, 6.07) is 5.41. The first-order chi connectivity index (χ1) is 14.0. The molecule has 29 heavy (non-hydrogen) atoms. The Hall–Kier alpha value is -2.50. The minimum atomic E-state index is -0.748. The van der Waals surface area contributed by atoms with E-state index in [1.807, 2.05) is 6.21 Å². The molecule has 3 aliphatic rings. The number of carboxylic acids is 1. The summed E-state index contributed by atoms with van der Waals surface area (Å²) in [5.41, 5.74) is 2.96. The van der Waals surface area contributed by atoms with Crippen molar-refractivity contribution in [1.29, 1.82) is 0 Å². The van der Waals surface area contributed by atoms with Crippen LogP contribution in [0.3, 0.4) is 0 Å². The predicted octanol–water partition coefficient (Wildman–Crippen LogP) is 4.79. The normalized spacial score (nSPS) is 26.2. The topological polar surface area (TPSA) is 78.8 Å². The van der Waals surface area contributed by atoms with Crippen LogP contribution in [0.1, 0.15) is 61.7 Å². The maximum Gasteiger partial charge on any atom is 0.303 e. The zero-order valence-electron chi connectivity index (χ0n) is 16.6. The van der Waals surface area contributed by atoms with E-state index in [0.29, 0.717) is 35.7 Å². The van der Waals surface area contributed by atoms with E-state index in [1.54, 1.807) is 0 Å². The molecule has 0 radical (unpaired) electrons. The highest BCUT2D eigenvalue weighted by molar-refractivity contribution is 5.94. The van der Waals surface area contributed by atoms with E-state index in [2.05, 4.69) is 22.7 Å². The summed E-state index contributed by atoms with van der Waals surface area (Å²) < 4.78 is 13.0. The Morgan fingerprint density at radius 2 is 1.79 bits per heavy atom. The van der Waals surface area contributed by atoms with Crippen molar-refractivity contribution in [2.45, 2.75) is 51.4 Å². The Balaban J connectivity index is 1.54. The third-order valence-corrected chi connectivity index (χ3v) is 6.32. The molecule has 1 amide bonds. The number of amides is 1. The van der Waals surface area contributed by atoms with Gasteiger partial charge in [0.1, 0.15) is 5.82 Å². The van der Waals surface area contributed by atoms with E-state index in [1.165, 1.54) is 49.9 Å². The molecule has 0 heterocycles.